The van der Waals surface area contributed by atoms with Gasteiger partial charge < -0.3 is 0 Å². The van der Waals surface area contributed by atoms with Crippen molar-refractivity contribution >= 4 is 47.1 Å². The molecule has 1 heterocycles. The zero-order chi connectivity index (χ0) is 20.8. The fourth-order valence-electron chi connectivity index (χ4n) is 2.51. The molecule has 5 nitrogen and oxygen atoms in total. The van der Waals surface area contributed by atoms with Crippen LogP contribution in [0.1, 0.15) is 32.9 Å². The maximum atomic E-state index is 12.3. The summed E-state index contributed by atoms with van der Waals surface area (Å²) in [6, 6.07) is 14.4. The predicted octanol–water partition coefficient (Wildman–Crippen LogP) is 5.46. The van der Waals surface area contributed by atoms with E-state index in [2.05, 4.69) is 20.5 Å². The first-order chi connectivity index (χ1) is 13.9. The third-order valence-corrected chi connectivity index (χ3v) is 5.48. The molecular formula is C21H18Cl2N4OS. The van der Waals surface area contributed by atoms with Crippen molar-refractivity contribution in [1.82, 2.24) is 15.4 Å². The van der Waals surface area contributed by atoms with Crippen molar-refractivity contribution in [3.05, 3.63) is 86.7 Å². The molecule has 0 aliphatic rings. The van der Waals surface area contributed by atoms with Gasteiger partial charge in [-0.2, -0.15) is 5.10 Å². The first-order valence-electron chi connectivity index (χ1n) is 8.74. The van der Waals surface area contributed by atoms with Gasteiger partial charge in [0.25, 0.3) is 5.91 Å². The van der Waals surface area contributed by atoms with Crippen LogP contribution in [0, 0.1) is 13.8 Å². The number of thioether (sulfide) groups is 1. The average Bonchev–Trinajstić information content (AvgIpc) is 2.68. The van der Waals surface area contributed by atoms with Gasteiger partial charge in [0.1, 0.15) is 0 Å². The highest BCUT2D eigenvalue weighted by molar-refractivity contribution is 7.98. The summed E-state index contributed by atoms with van der Waals surface area (Å²) < 4.78 is 0. The number of carbonyl (C=O) groups is 1. The van der Waals surface area contributed by atoms with Gasteiger partial charge in [-0.15, -0.1) is 0 Å². The van der Waals surface area contributed by atoms with Crippen LogP contribution in [-0.2, 0) is 5.75 Å². The largest absolute Gasteiger partial charge is 0.271 e. The summed E-state index contributed by atoms with van der Waals surface area (Å²) in [5.74, 6) is 0.398. The number of hydrogen-bond acceptors (Lipinski definition) is 5. The van der Waals surface area contributed by atoms with E-state index in [9.17, 15) is 4.79 Å². The third-order valence-electron chi connectivity index (χ3n) is 3.91. The summed E-state index contributed by atoms with van der Waals surface area (Å²) in [6.45, 7) is 3.91. The predicted molar refractivity (Wildman–Crippen MR) is 119 cm³/mol. The molecule has 0 aliphatic carbocycles. The van der Waals surface area contributed by atoms with Crippen LogP contribution in [0.25, 0.3) is 0 Å². The van der Waals surface area contributed by atoms with Crippen LogP contribution >= 0.6 is 35.0 Å². The molecule has 0 aliphatic heterocycles. The van der Waals surface area contributed by atoms with Gasteiger partial charge in [0.05, 0.1) is 16.3 Å². The van der Waals surface area contributed by atoms with E-state index in [1.807, 2.05) is 32.0 Å². The molecule has 2 aromatic carbocycles. The van der Waals surface area contributed by atoms with Crippen molar-refractivity contribution in [2.24, 2.45) is 5.10 Å². The van der Waals surface area contributed by atoms with Gasteiger partial charge in [0.2, 0.25) is 0 Å². The smallest absolute Gasteiger partial charge is 0.267 e. The van der Waals surface area contributed by atoms with Crippen LogP contribution in [0.2, 0.25) is 10.0 Å². The second kappa shape index (κ2) is 9.87. The lowest BCUT2D eigenvalue weighted by atomic mass is 10.1. The number of rotatable bonds is 6. The van der Waals surface area contributed by atoms with Crippen LogP contribution in [0.15, 0.2) is 58.8 Å². The van der Waals surface area contributed by atoms with E-state index in [0.29, 0.717) is 26.9 Å². The fourth-order valence-corrected chi connectivity index (χ4v) is 3.91. The molecule has 0 bridgehead atoms. The number of aromatic nitrogens is 2. The molecule has 148 valence electrons. The Hall–Kier alpha value is -2.41. The van der Waals surface area contributed by atoms with E-state index in [4.69, 9.17) is 23.2 Å². The van der Waals surface area contributed by atoms with Gasteiger partial charge in [-0.25, -0.2) is 15.4 Å². The van der Waals surface area contributed by atoms with Crippen LogP contribution in [-0.4, -0.2) is 22.1 Å². The van der Waals surface area contributed by atoms with E-state index in [0.717, 1.165) is 22.1 Å². The van der Waals surface area contributed by atoms with Crippen molar-refractivity contribution in [3.63, 3.8) is 0 Å². The van der Waals surface area contributed by atoms with Gasteiger partial charge in [-0.05, 0) is 49.7 Å². The molecule has 1 N–H and O–H groups in total. The molecule has 0 unspecified atom stereocenters. The molecule has 29 heavy (non-hydrogen) atoms. The van der Waals surface area contributed by atoms with Crippen molar-refractivity contribution in [3.8, 4) is 0 Å². The Morgan fingerprint density at radius 2 is 1.69 bits per heavy atom. The lowest BCUT2D eigenvalue weighted by Gasteiger charge is -2.05. The lowest BCUT2D eigenvalue weighted by molar-refractivity contribution is 0.0955. The van der Waals surface area contributed by atoms with Crippen molar-refractivity contribution in [2.45, 2.75) is 24.8 Å². The first kappa shape index (κ1) is 21.3. The SMILES string of the molecule is Cc1cc(C)nc(SCc2ccc(C(=O)N/N=C/c3c(Cl)cccc3Cl)cc2)n1. The zero-order valence-corrected chi connectivity index (χ0v) is 18.1. The Bertz CT molecular complexity index is 1010. The Balaban J connectivity index is 1.58. The van der Waals surface area contributed by atoms with E-state index < -0.39 is 0 Å². The standard InChI is InChI=1S/C21H18Cl2N4OS/c1-13-10-14(2)26-21(25-13)29-12-15-6-8-16(9-7-15)20(28)27-24-11-17-18(22)4-3-5-19(17)23/h3-11H,12H2,1-2H3,(H,27,28)/b24-11+. The molecule has 0 radical (unpaired) electrons. The summed E-state index contributed by atoms with van der Waals surface area (Å²) in [5.41, 5.74) is 6.51. The van der Waals surface area contributed by atoms with Gasteiger partial charge in [0, 0.05) is 28.3 Å². The maximum Gasteiger partial charge on any atom is 0.271 e. The Morgan fingerprint density at radius 3 is 2.31 bits per heavy atom. The molecule has 0 atom stereocenters. The summed E-state index contributed by atoms with van der Waals surface area (Å²) in [7, 11) is 0. The Kier molecular flexibility index (Phi) is 7.25. The number of nitrogens with zero attached hydrogens (tertiary/aromatic N) is 3. The quantitative estimate of drug-likeness (QED) is 0.237. The molecule has 3 aromatic rings. The zero-order valence-electron chi connectivity index (χ0n) is 15.8. The minimum absolute atomic E-state index is 0.318. The van der Waals surface area contributed by atoms with Crippen LogP contribution < -0.4 is 5.43 Å². The van der Waals surface area contributed by atoms with E-state index in [1.165, 1.54) is 6.21 Å². The molecule has 0 fully saturated rings. The highest BCUT2D eigenvalue weighted by atomic mass is 35.5. The monoisotopic (exact) mass is 444 g/mol. The second-order valence-electron chi connectivity index (χ2n) is 6.25. The third kappa shape index (κ3) is 6.03. The molecule has 1 aromatic heterocycles. The number of hydrazone groups is 1. The van der Waals surface area contributed by atoms with E-state index in [1.54, 1.807) is 42.1 Å². The highest BCUT2D eigenvalue weighted by Crippen LogP contribution is 2.22. The topological polar surface area (TPSA) is 67.2 Å². The van der Waals surface area contributed by atoms with Crippen molar-refractivity contribution in [2.75, 3.05) is 0 Å². The second-order valence-corrected chi connectivity index (χ2v) is 8.01. The molecule has 8 heteroatoms. The number of nitrogens with one attached hydrogen (secondary N) is 1. The van der Waals surface area contributed by atoms with Gasteiger partial charge in [-0.1, -0.05) is 53.2 Å². The van der Waals surface area contributed by atoms with E-state index >= 15 is 0 Å². The Morgan fingerprint density at radius 1 is 1.07 bits per heavy atom. The van der Waals surface area contributed by atoms with Crippen LogP contribution in [0.4, 0.5) is 0 Å². The molecule has 0 spiro atoms. The number of benzene rings is 2. The van der Waals surface area contributed by atoms with Crippen LogP contribution in [0.5, 0.6) is 0 Å². The molecular weight excluding hydrogens is 427 g/mol. The molecule has 0 saturated carbocycles. The first-order valence-corrected chi connectivity index (χ1v) is 10.5. The summed E-state index contributed by atoms with van der Waals surface area (Å²) >= 11 is 13.7. The molecule has 1 amide bonds. The summed E-state index contributed by atoms with van der Waals surface area (Å²) in [4.78, 5) is 21.1. The average molecular weight is 445 g/mol. The summed E-state index contributed by atoms with van der Waals surface area (Å²) in [6.07, 6.45) is 1.43. The fraction of sp³-hybridized carbons (Fsp3) is 0.143. The summed E-state index contributed by atoms with van der Waals surface area (Å²) in [5, 5.41) is 5.61. The van der Waals surface area contributed by atoms with E-state index in [-0.39, 0.29) is 5.91 Å². The van der Waals surface area contributed by atoms with Crippen LogP contribution in [0.3, 0.4) is 0 Å². The van der Waals surface area contributed by atoms with Crippen molar-refractivity contribution < 1.29 is 4.79 Å². The van der Waals surface area contributed by atoms with Gasteiger partial charge >= 0.3 is 0 Å². The number of carbonyl (C=O) groups excluding carboxylic acids is 1. The highest BCUT2D eigenvalue weighted by Gasteiger charge is 2.07. The minimum Gasteiger partial charge on any atom is -0.267 e. The molecule has 3 rings (SSSR count). The number of halogens is 2. The lowest BCUT2D eigenvalue weighted by Crippen LogP contribution is -2.17. The molecule has 0 saturated heterocycles. The maximum absolute atomic E-state index is 12.3. The number of hydrogen-bond donors (Lipinski definition) is 1. The number of amides is 1. The van der Waals surface area contributed by atoms with Gasteiger partial charge in [-0.3, -0.25) is 4.79 Å². The Labute approximate surface area is 183 Å². The van der Waals surface area contributed by atoms with Crippen molar-refractivity contribution in [1.29, 1.82) is 0 Å². The number of aryl methyl sites for hydroxylation is 2. The van der Waals surface area contributed by atoms with Gasteiger partial charge in [0.15, 0.2) is 5.16 Å². The minimum atomic E-state index is -0.318. The normalized spacial score (nSPS) is 11.0.